The number of halogens is 1. The summed E-state index contributed by atoms with van der Waals surface area (Å²) in [7, 11) is 0. The number of carboxylic acids is 2. The molecule has 6 nitrogen and oxygen atoms in total. The van der Waals surface area contributed by atoms with Crippen LogP contribution in [0.5, 0.6) is 0 Å². The van der Waals surface area contributed by atoms with Gasteiger partial charge in [0.2, 0.25) is 5.56 Å². The molecule has 0 amide bonds. The number of aromatic nitrogens is 1. The molecule has 0 aliphatic heterocycles. The molecule has 25 heavy (non-hydrogen) atoms. The topological polar surface area (TPSA) is 107 Å². The summed E-state index contributed by atoms with van der Waals surface area (Å²) in [6.07, 6.45) is 0. The minimum atomic E-state index is -1.23. The highest BCUT2D eigenvalue weighted by Gasteiger charge is 2.17. The van der Waals surface area contributed by atoms with E-state index in [1.54, 1.807) is 0 Å². The van der Waals surface area contributed by atoms with E-state index in [-0.39, 0.29) is 27.3 Å². The maximum Gasteiger partial charge on any atom is 0.337 e. The van der Waals surface area contributed by atoms with Crippen molar-refractivity contribution in [2.75, 3.05) is 0 Å². The van der Waals surface area contributed by atoms with Gasteiger partial charge in [0.05, 0.1) is 16.1 Å². The molecular weight excluding hydrogens is 346 g/mol. The van der Waals surface area contributed by atoms with E-state index in [1.807, 2.05) is 30.3 Å². The zero-order chi connectivity index (χ0) is 18.6. The quantitative estimate of drug-likeness (QED) is 0.648. The molecule has 3 aromatic rings. The van der Waals surface area contributed by atoms with E-state index in [4.69, 9.17) is 21.8 Å². The highest BCUT2D eigenvalue weighted by Crippen LogP contribution is 2.23. The maximum atomic E-state index is 10.8. The number of H-pyrrole nitrogens is 1. The van der Waals surface area contributed by atoms with Crippen molar-refractivity contribution < 1.29 is 19.8 Å². The Kier molecular flexibility index (Phi) is 5.56. The van der Waals surface area contributed by atoms with Crippen molar-refractivity contribution >= 4 is 34.4 Å². The smallest absolute Gasteiger partial charge is 0.337 e. The van der Waals surface area contributed by atoms with Crippen molar-refractivity contribution in [1.29, 1.82) is 0 Å². The molecule has 0 atom stereocenters. The minimum absolute atomic E-state index is 0.0417. The number of carboxylic acid groups (broad SMARTS) is 2. The summed E-state index contributed by atoms with van der Waals surface area (Å²) in [5, 5.41) is 18.6. The Hall–Kier alpha value is -3.12. The van der Waals surface area contributed by atoms with Crippen LogP contribution in [-0.4, -0.2) is 27.1 Å². The monoisotopic (exact) mass is 359 g/mol. The number of aromatic amines is 1. The van der Waals surface area contributed by atoms with Crippen LogP contribution in [0, 0.1) is 6.92 Å². The van der Waals surface area contributed by atoms with Crippen molar-refractivity contribution in [3.8, 4) is 0 Å². The van der Waals surface area contributed by atoms with Crippen LogP contribution in [0.2, 0.25) is 5.02 Å². The lowest BCUT2D eigenvalue weighted by Crippen LogP contribution is -2.07. The van der Waals surface area contributed by atoms with Gasteiger partial charge in [-0.3, -0.25) is 4.79 Å². The number of nitrogens with one attached hydrogen (secondary N) is 1. The average Bonchev–Trinajstić information content (AvgIpc) is 2.54. The Balaban J connectivity index is 0.000000185. The lowest BCUT2D eigenvalue weighted by Gasteiger charge is -2.06. The molecule has 2 aromatic carbocycles. The predicted octanol–water partition coefficient (Wildman–Crippen LogP) is 3.57. The number of carbonyl (C=O) groups is 2. The van der Waals surface area contributed by atoms with Gasteiger partial charge in [-0.05, 0) is 42.1 Å². The standard InChI is InChI=1S/C9H7ClO4.C9H7NO/c1-4-5(8(11)12)2-3-6(10)7(4)9(13)14;11-9-6-5-7-3-1-2-4-8(7)10-9/h2-3H,1H3,(H,11,12)(H,13,14);1-6H,(H,10,11). The molecule has 0 spiro atoms. The lowest BCUT2D eigenvalue weighted by molar-refractivity contribution is 0.0696. The molecule has 128 valence electrons. The van der Waals surface area contributed by atoms with Gasteiger partial charge in [0.15, 0.2) is 0 Å². The van der Waals surface area contributed by atoms with Gasteiger partial charge in [-0.1, -0.05) is 29.8 Å². The summed E-state index contributed by atoms with van der Waals surface area (Å²) in [6, 6.07) is 13.6. The third kappa shape index (κ3) is 4.24. The molecule has 0 fully saturated rings. The molecule has 0 aliphatic carbocycles. The fourth-order valence-corrected chi connectivity index (χ4v) is 2.55. The summed E-state index contributed by atoms with van der Waals surface area (Å²) in [6.45, 7) is 1.42. The number of fused-ring (bicyclic) bond motifs is 1. The second kappa shape index (κ2) is 7.63. The Morgan fingerprint density at radius 3 is 2.28 bits per heavy atom. The Morgan fingerprint density at radius 2 is 1.64 bits per heavy atom. The van der Waals surface area contributed by atoms with Crippen LogP contribution < -0.4 is 5.56 Å². The van der Waals surface area contributed by atoms with Crippen LogP contribution in [0.3, 0.4) is 0 Å². The summed E-state index contributed by atoms with van der Waals surface area (Å²) >= 11 is 5.63. The van der Waals surface area contributed by atoms with Crippen LogP contribution in [-0.2, 0) is 0 Å². The van der Waals surface area contributed by atoms with E-state index in [2.05, 4.69) is 4.98 Å². The fourth-order valence-electron chi connectivity index (χ4n) is 2.27. The first kappa shape index (κ1) is 18.2. The first-order valence-corrected chi connectivity index (χ1v) is 7.53. The number of hydrogen-bond acceptors (Lipinski definition) is 3. The summed E-state index contributed by atoms with van der Waals surface area (Å²) in [5.74, 6) is -2.39. The molecule has 3 rings (SSSR count). The highest BCUT2D eigenvalue weighted by molar-refractivity contribution is 6.33. The molecule has 1 aromatic heterocycles. The minimum Gasteiger partial charge on any atom is -0.478 e. The number of para-hydroxylation sites is 1. The highest BCUT2D eigenvalue weighted by atomic mass is 35.5. The fraction of sp³-hybridized carbons (Fsp3) is 0.0556. The average molecular weight is 360 g/mol. The number of pyridine rings is 1. The van der Waals surface area contributed by atoms with Gasteiger partial charge in [-0.15, -0.1) is 0 Å². The van der Waals surface area contributed by atoms with Crippen LogP contribution >= 0.6 is 11.6 Å². The molecule has 0 radical (unpaired) electrons. The molecule has 1 heterocycles. The molecule has 7 heteroatoms. The van der Waals surface area contributed by atoms with E-state index in [1.165, 1.54) is 25.1 Å². The maximum absolute atomic E-state index is 10.8. The Morgan fingerprint density at radius 1 is 0.960 bits per heavy atom. The summed E-state index contributed by atoms with van der Waals surface area (Å²) < 4.78 is 0. The van der Waals surface area contributed by atoms with Crippen molar-refractivity contribution in [3.63, 3.8) is 0 Å². The van der Waals surface area contributed by atoms with E-state index < -0.39 is 11.9 Å². The van der Waals surface area contributed by atoms with Crippen LogP contribution in [0.4, 0.5) is 0 Å². The first-order valence-electron chi connectivity index (χ1n) is 7.15. The van der Waals surface area contributed by atoms with Gasteiger partial charge in [0.1, 0.15) is 0 Å². The van der Waals surface area contributed by atoms with Gasteiger partial charge in [-0.25, -0.2) is 9.59 Å². The zero-order valence-electron chi connectivity index (χ0n) is 13.1. The van der Waals surface area contributed by atoms with Crippen LogP contribution in [0.1, 0.15) is 26.3 Å². The largest absolute Gasteiger partial charge is 0.478 e. The van der Waals surface area contributed by atoms with Gasteiger partial charge in [0, 0.05) is 11.6 Å². The van der Waals surface area contributed by atoms with Crippen LogP contribution in [0.15, 0.2) is 53.3 Å². The summed E-state index contributed by atoms with van der Waals surface area (Å²) in [4.78, 5) is 35.0. The Labute approximate surface area is 147 Å². The number of aromatic carboxylic acids is 2. The molecule has 0 unspecified atom stereocenters. The molecule has 0 bridgehead atoms. The van der Waals surface area contributed by atoms with Gasteiger partial charge < -0.3 is 15.2 Å². The number of rotatable bonds is 2. The van der Waals surface area contributed by atoms with E-state index in [0.717, 1.165) is 10.9 Å². The number of benzene rings is 2. The lowest BCUT2D eigenvalue weighted by atomic mass is 10.0. The van der Waals surface area contributed by atoms with Crippen molar-refractivity contribution in [2.45, 2.75) is 6.92 Å². The van der Waals surface area contributed by atoms with Crippen LogP contribution in [0.25, 0.3) is 10.9 Å². The van der Waals surface area contributed by atoms with Gasteiger partial charge in [0.25, 0.3) is 0 Å². The SMILES string of the molecule is Cc1c(C(=O)O)ccc(Cl)c1C(=O)O.O=c1ccc2ccccc2[nH]1. The van der Waals surface area contributed by atoms with Gasteiger partial charge in [-0.2, -0.15) is 0 Å². The van der Waals surface area contributed by atoms with Crippen molar-refractivity contribution in [2.24, 2.45) is 0 Å². The molecule has 0 saturated heterocycles. The Bertz CT molecular complexity index is 1010. The summed E-state index contributed by atoms with van der Waals surface area (Å²) in [5.41, 5.74) is 0.791. The molecule has 3 N–H and O–H groups in total. The third-order valence-corrected chi connectivity index (χ3v) is 3.81. The van der Waals surface area contributed by atoms with Crippen molar-refractivity contribution in [3.05, 3.63) is 80.6 Å². The van der Waals surface area contributed by atoms with Crippen molar-refractivity contribution in [1.82, 2.24) is 4.98 Å². The van der Waals surface area contributed by atoms with E-state index in [9.17, 15) is 14.4 Å². The predicted molar refractivity (Wildman–Crippen MR) is 94.7 cm³/mol. The molecular formula is C18H14ClNO5. The zero-order valence-corrected chi connectivity index (χ0v) is 13.9. The second-order valence-electron chi connectivity index (χ2n) is 5.12. The second-order valence-corrected chi connectivity index (χ2v) is 5.52. The first-order chi connectivity index (χ1) is 11.8. The third-order valence-electron chi connectivity index (χ3n) is 3.49. The number of hydrogen-bond donors (Lipinski definition) is 3. The van der Waals surface area contributed by atoms with Gasteiger partial charge >= 0.3 is 11.9 Å². The molecule has 0 aliphatic rings. The van der Waals surface area contributed by atoms with E-state index >= 15 is 0 Å². The van der Waals surface area contributed by atoms with E-state index in [0.29, 0.717) is 0 Å². The normalized spacial score (nSPS) is 10.0. The molecule has 0 saturated carbocycles.